The van der Waals surface area contributed by atoms with E-state index in [2.05, 4.69) is 12.2 Å². The van der Waals surface area contributed by atoms with Crippen molar-refractivity contribution in [2.45, 2.75) is 50.5 Å². The number of ketones is 1. The topological polar surface area (TPSA) is 72.5 Å². The largest absolute Gasteiger partial charge is 0.452 e. The van der Waals surface area contributed by atoms with E-state index in [-0.39, 0.29) is 24.3 Å². The number of ether oxygens (including phenoxy) is 1. The van der Waals surface area contributed by atoms with Crippen LogP contribution in [0.2, 0.25) is 0 Å². The first-order valence-electron chi connectivity index (χ1n) is 8.65. The molecule has 25 heavy (non-hydrogen) atoms. The monoisotopic (exact) mass is 363 g/mol. The minimum Gasteiger partial charge on any atom is -0.452 e. The first-order chi connectivity index (χ1) is 12.0. The van der Waals surface area contributed by atoms with Gasteiger partial charge in [-0.15, -0.1) is 11.8 Å². The second kappa shape index (κ2) is 9.61. The normalized spacial score (nSPS) is 19.9. The second-order valence-corrected chi connectivity index (χ2v) is 7.52. The number of amides is 1. The highest BCUT2D eigenvalue weighted by Crippen LogP contribution is 2.24. The summed E-state index contributed by atoms with van der Waals surface area (Å²) in [6.07, 6.45) is 4.42. The Hall–Kier alpha value is -1.82. The molecule has 0 unspecified atom stereocenters. The zero-order chi connectivity index (χ0) is 18.2. The molecule has 1 aliphatic carbocycles. The van der Waals surface area contributed by atoms with E-state index in [4.69, 9.17) is 4.74 Å². The van der Waals surface area contributed by atoms with E-state index >= 15 is 0 Å². The van der Waals surface area contributed by atoms with Gasteiger partial charge in [0.25, 0.3) is 5.91 Å². The molecule has 1 aromatic rings. The third kappa shape index (κ3) is 6.20. The number of benzene rings is 1. The summed E-state index contributed by atoms with van der Waals surface area (Å²) < 4.78 is 5.16. The molecule has 0 heterocycles. The molecule has 1 aliphatic rings. The van der Waals surface area contributed by atoms with Crippen molar-refractivity contribution in [2.24, 2.45) is 5.92 Å². The Bertz CT molecular complexity index is 632. The predicted octanol–water partition coefficient (Wildman–Crippen LogP) is 3.22. The summed E-state index contributed by atoms with van der Waals surface area (Å²) in [5, 5.41) is 2.96. The van der Waals surface area contributed by atoms with E-state index in [1.54, 1.807) is 24.3 Å². The van der Waals surface area contributed by atoms with Gasteiger partial charge in [0.2, 0.25) is 0 Å². The Morgan fingerprint density at radius 1 is 1.20 bits per heavy atom. The summed E-state index contributed by atoms with van der Waals surface area (Å²) in [6.45, 7) is 3.36. The lowest BCUT2D eigenvalue weighted by molar-refractivity contribution is -0.125. The predicted molar refractivity (Wildman–Crippen MR) is 97.7 cm³/mol. The number of nitrogens with one attached hydrogen (secondary N) is 1. The van der Waals surface area contributed by atoms with Crippen LogP contribution in [0, 0.1) is 5.92 Å². The molecular formula is C19H25NO4S. The maximum absolute atomic E-state index is 12.3. The molecule has 5 nitrogen and oxygen atoms in total. The molecule has 0 aliphatic heterocycles. The summed E-state index contributed by atoms with van der Waals surface area (Å²) in [6, 6.07) is 7.12. The van der Waals surface area contributed by atoms with Crippen molar-refractivity contribution >= 4 is 29.4 Å². The molecule has 0 spiro atoms. The number of rotatable bonds is 7. The molecule has 0 bridgehead atoms. The van der Waals surface area contributed by atoms with Crippen molar-refractivity contribution in [2.75, 3.05) is 12.4 Å². The number of carbonyl (C=O) groups is 3. The van der Waals surface area contributed by atoms with Gasteiger partial charge >= 0.3 is 5.97 Å². The molecule has 136 valence electrons. The Labute approximate surface area is 152 Å². The highest BCUT2D eigenvalue weighted by Gasteiger charge is 2.23. The van der Waals surface area contributed by atoms with Crippen LogP contribution in [0.25, 0.3) is 0 Å². The summed E-state index contributed by atoms with van der Waals surface area (Å²) in [7, 11) is 0. The molecule has 2 rings (SSSR count). The van der Waals surface area contributed by atoms with Gasteiger partial charge in [-0.1, -0.05) is 31.9 Å². The van der Waals surface area contributed by atoms with Gasteiger partial charge in [-0.25, -0.2) is 4.79 Å². The molecule has 2 atom stereocenters. The molecule has 1 fully saturated rings. The van der Waals surface area contributed by atoms with Crippen LogP contribution < -0.4 is 5.32 Å². The van der Waals surface area contributed by atoms with Gasteiger partial charge in [0.1, 0.15) is 5.78 Å². The van der Waals surface area contributed by atoms with E-state index in [0.717, 1.165) is 19.3 Å². The lowest BCUT2D eigenvalue weighted by Crippen LogP contribution is -2.42. The zero-order valence-corrected chi connectivity index (χ0v) is 15.6. The van der Waals surface area contributed by atoms with Crippen molar-refractivity contribution in [3.05, 3.63) is 29.8 Å². The second-order valence-electron chi connectivity index (χ2n) is 6.50. The molecule has 1 N–H and O–H groups in total. The van der Waals surface area contributed by atoms with Crippen molar-refractivity contribution in [1.29, 1.82) is 0 Å². The third-order valence-corrected chi connectivity index (χ3v) is 5.55. The van der Waals surface area contributed by atoms with Gasteiger partial charge in [0.15, 0.2) is 6.61 Å². The van der Waals surface area contributed by atoms with Crippen LogP contribution in [0.5, 0.6) is 0 Å². The van der Waals surface area contributed by atoms with Gasteiger partial charge in [-0.3, -0.25) is 9.59 Å². The average Bonchev–Trinajstić information content (AvgIpc) is 2.60. The van der Waals surface area contributed by atoms with Crippen LogP contribution in [-0.4, -0.2) is 36.1 Å². The summed E-state index contributed by atoms with van der Waals surface area (Å²) in [5.74, 6) is -0.0182. The van der Waals surface area contributed by atoms with E-state index in [9.17, 15) is 14.4 Å². The molecule has 1 saturated carbocycles. The lowest BCUT2D eigenvalue weighted by Gasteiger charge is -2.29. The number of Topliss-reactive ketones (excluding diaryl/α,β-unsaturated/α-hetero) is 1. The van der Waals surface area contributed by atoms with Gasteiger partial charge in [-0.2, -0.15) is 0 Å². The van der Waals surface area contributed by atoms with E-state index < -0.39 is 5.97 Å². The smallest absolute Gasteiger partial charge is 0.339 e. The molecule has 0 aromatic heterocycles. The summed E-state index contributed by atoms with van der Waals surface area (Å²) in [4.78, 5) is 36.1. The fourth-order valence-corrected chi connectivity index (χ4v) is 3.77. The zero-order valence-electron chi connectivity index (χ0n) is 14.7. The van der Waals surface area contributed by atoms with Crippen molar-refractivity contribution in [3.63, 3.8) is 0 Å². The van der Waals surface area contributed by atoms with Crippen LogP contribution in [-0.2, 0) is 14.3 Å². The third-order valence-electron chi connectivity index (χ3n) is 4.33. The average molecular weight is 363 g/mol. The highest BCUT2D eigenvalue weighted by molar-refractivity contribution is 8.00. The van der Waals surface area contributed by atoms with Crippen LogP contribution in [0.3, 0.4) is 0 Å². The Balaban J connectivity index is 1.87. The fourth-order valence-electron chi connectivity index (χ4n) is 2.93. The maximum Gasteiger partial charge on any atom is 0.339 e. The summed E-state index contributed by atoms with van der Waals surface area (Å²) >= 11 is 1.30. The van der Waals surface area contributed by atoms with Gasteiger partial charge in [0, 0.05) is 10.9 Å². The quantitative estimate of drug-likeness (QED) is 0.595. The van der Waals surface area contributed by atoms with Crippen LogP contribution in [0.15, 0.2) is 29.2 Å². The van der Waals surface area contributed by atoms with Crippen LogP contribution in [0.1, 0.15) is 49.9 Å². The number of carbonyl (C=O) groups excluding carboxylic acids is 3. The van der Waals surface area contributed by atoms with Crippen LogP contribution >= 0.6 is 11.8 Å². The number of esters is 1. The van der Waals surface area contributed by atoms with Crippen LogP contribution in [0.4, 0.5) is 0 Å². The molecule has 1 aromatic carbocycles. The number of hydrogen-bond acceptors (Lipinski definition) is 5. The van der Waals surface area contributed by atoms with Gasteiger partial charge < -0.3 is 10.1 Å². The van der Waals surface area contributed by atoms with Crippen molar-refractivity contribution < 1.29 is 19.1 Å². The minimum absolute atomic E-state index is 0.0362. The van der Waals surface area contributed by atoms with Crippen molar-refractivity contribution in [1.82, 2.24) is 5.32 Å². The Morgan fingerprint density at radius 2 is 1.92 bits per heavy atom. The fraction of sp³-hybridized carbons (Fsp3) is 0.526. The SMILES string of the molecule is CC(=O)CSc1ccccc1C(=O)OCC(=O)N[C@@H]1CCCC[C@H]1C. The lowest BCUT2D eigenvalue weighted by atomic mass is 9.86. The Morgan fingerprint density at radius 3 is 2.64 bits per heavy atom. The molecular weight excluding hydrogens is 338 g/mol. The Kier molecular flexibility index (Phi) is 7.50. The molecule has 0 radical (unpaired) electrons. The van der Waals surface area contributed by atoms with E-state index in [1.807, 2.05) is 0 Å². The first-order valence-corrected chi connectivity index (χ1v) is 9.63. The van der Waals surface area contributed by atoms with Gasteiger partial charge in [0.05, 0.1) is 11.3 Å². The van der Waals surface area contributed by atoms with E-state index in [1.165, 1.54) is 25.1 Å². The number of hydrogen-bond donors (Lipinski definition) is 1. The van der Waals surface area contributed by atoms with Crippen molar-refractivity contribution in [3.8, 4) is 0 Å². The number of thioether (sulfide) groups is 1. The molecule has 0 saturated heterocycles. The minimum atomic E-state index is -0.543. The molecule has 6 heteroatoms. The maximum atomic E-state index is 12.3. The summed E-state index contributed by atoms with van der Waals surface area (Å²) in [5.41, 5.74) is 0.382. The molecule has 1 amide bonds. The standard InChI is InChI=1S/C19H25NO4S/c1-13-7-3-5-9-16(13)20-18(22)11-24-19(23)15-8-4-6-10-17(15)25-12-14(2)21/h4,6,8,10,13,16H,3,5,7,9,11-12H2,1-2H3,(H,20,22)/t13-,16-/m1/s1. The highest BCUT2D eigenvalue weighted by atomic mass is 32.2. The van der Waals surface area contributed by atoms with Gasteiger partial charge in [-0.05, 0) is 37.8 Å². The van der Waals surface area contributed by atoms with E-state index in [0.29, 0.717) is 22.1 Å². The first kappa shape index (κ1) is 19.5.